The molecule has 0 radical (unpaired) electrons. The van der Waals surface area contributed by atoms with Gasteiger partial charge in [0.05, 0.1) is 17.7 Å². The number of halogens is 2. The lowest BCUT2D eigenvalue weighted by Crippen LogP contribution is -2.64. The summed E-state index contributed by atoms with van der Waals surface area (Å²) in [5.74, 6) is 2.02. The third kappa shape index (κ3) is 2.86. The molecule has 0 heterocycles. The van der Waals surface area contributed by atoms with E-state index in [0.717, 1.165) is 24.8 Å². The fourth-order valence-corrected chi connectivity index (χ4v) is 6.29. The number of hydrogen-bond acceptors (Lipinski definition) is 3. The smallest absolute Gasteiger partial charge is 0.142 e. The number of ether oxygens (including phenoxy) is 1. The van der Waals surface area contributed by atoms with Crippen LogP contribution in [-0.2, 0) is 6.54 Å². The zero-order valence-electron chi connectivity index (χ0n) is 13.4. The van der Waals surface area contributed by atoms with E-state index >= 15 is 0 Å². The molecule has 0 aromatic heterocycles. The predicted octanol–water partition coefficient (Wildman–Crippen LogP) is 4.18. The molecule has 4 bridgehead atoms. The minimum atomic E-state index is -0.451. The molecular weight excluding hydrogens is 333 g/mol. The van der Waals surface area contributed by atoms with E-state index in [1.807, 2.05) is 6.07 Å². The second-order valence-corrected chi connectivity index (χ2v) is 8.74. The molecule has 0 saturated heterocycles. The van der Waals surface area contributed by atoms with Gasteiger partial charge >= 0.3 is 0 Å². The van der Waals surface area contributed by atoms with Crippen LogP contribution in [0.3, 0.4) is 0 Å². The number of rotatable bonds is 4. The van der Waals surface area contributed by atoms with Crippen LogP contribution in [0.15, 0.2) is 12.1 Å². The van der Waals surface area contributed by atoms with Crippen LogP contribution >= 0.6 is 23.2 Å². The van der Waals surface area contributed by atoms with Crippen molar-refractivity contribution < 1.29 is 9.84 Å². The van der Waals surface area contributed by atoms with Gasteiger partial charge in [0.15, 0.2) is 0 Å². The van der Waals surface area contributed by atoms with Crippen molar-refractivity contribution in [1.29, 1.82) is 0 Å². The predicted molar refractivity (Wildman–Crippen MR) is 92.2 cm³/mol. The first kappa shape index (κ1) is 16.0. The minimum Gasteiger partial charge on any atom is -0.495 e. The largest absolute Gasteiger partial charge is 0.495 e. The highest BCUT2D eigenvalue weighted by Crippen LogP contribution is 2.57. The Morgan fingerprint density at radius 3 is 2.52 bits per heavy atom. The first-order valence-electron chi connectivity index (χ1n) is 8.40. The number of aliphatic hydroxyl groups is 1. The van der Waals surface area contributed by atoms with E-state index in [9.17, 15) is 5.11 Å². The van der Waals surface area contributed by atoms with Crippen LogP contribution in [0.25, 0.3) is 0 Å². The molecule has 3 nitrogen and oxygen atoms in total. The van der Waals surface area contributed by atoms with Crippen LogP contribution in [0, 0.1) is 11.8 Å². The fraction of sp³-hybridized carbons (Fsp3) is 0.667. The zero-order chi connectivity index (χ0) is 16.2. The summed E-state index contributed by atoms with van der Waals surface area (Å²) in [6, 6.07) is 3.62. The van der Waals surface area contributed by atoms with E-state index in [1.165, 1.54) is 19.3 Å². The number of methoxy groups -OCH3 is 1. The molecule has 4 saturated carbocycles. The van der Waals surface area contributed by atoms with Crippen molar-refractivity contribution in [2.75, 3.05) is 7.11 Å². The molecule has 126 valence electrons. The van der Waals surface area contributed by atoms with Crippen molar-refractivity contribution >= 4 is 23.2 Å². The summed E-state index contributed by atoms with van der Waals surface area (Å²) in [5.41, 5.74) is 0.582. The maximum atomic E-state index is 10.8. The number of nitrogens with one attached hydrogen (secondary N) is 1. The van der Waals surface area contributed by atoms with E-state index in [4.69, 9.17) is 27.9 Å². The molecule has 4 fully saturated rings. The molecule has 2 unspecified atom stereocenters. The molecule has 1 aromatic carbocycles. The van der Waals surface area contributed by atoms with Crippen molar-refractivity contribution in [3.8, 4) is 5.75 Å². The van der Waals surface area contributed by atoms with Gasteiger partial charge in [-0.1, -0.05) is 23.2 Å². The SMILES string of the molecule is COc1c(Cl)cc(Cl)cc1CNC12CC3CC(CC(O)(C3)C1)C2. The van der Waals surface area contributed by atoms with Crippen LogP contribution in [-0.4, -0.2) is 23.4 Å². The van der Waals surface area contributed by atoms with Gasteiger partial charge in [0.25, 0.3) is 0 Å². The van der Waals surface area contributed by atoms with Gasteiger partial charge in [0.1, 0.15) is 5.75 Å². The Morgan fingerprint density at radius 2 is 1.91 bits per heavy atom. The number of benzene rings is 1. The summed E-state index contributed by atoms with van der Waals surface area (Å²) < 4.78 is 5.44. The summed E-state index contributed by atoms with van der Waals surface area (Å²) in [6.07, 6.45) is 6.46. The molecule has 0 spiro atoms. The Kier molecular flexibility index (Phi) is 3.84. The first-order chi connectivity index (χ1) is 10.9. The topological polar surface area (TPSA) is 41.5 Å². The maximum absolute atomic E-state index is 10.8. The van der Waals surface area contributed by atoms with Gasteiger partial charge in [-0.15, -0.1) is 0 Å². The summed E-state index contributed by atoms with van der Waals surface area (Å²) in [7, 11) is 1.63. The lowest BCUT2D eigenvalue weighted by molar-refractivity contribution is -0.142. The van der Waals surface area contributed by atoms with E-state index in [2.05, 4.69) is 5.32 Å². The second-order valence-electron chi connectivity index (χ2n) is 7.90. The average Bonchev–Trinajstić information content (AvgIpc) is 2.42. The van der Waals surface area contributed by atoms with E-state index in [1.54, 1.807) is 13.2 Å². The van der Waals surface area contributed by atoms with E-state index in [-0.39, 0.29) is 5.54 Å². The normalized spacial score (nSPS) is 38.1. The third-order valence-corrected chi connectivity index (χ3v) is 6.47. The highest BCUT2D eigenvalue weighted by Gasteiger charge is 2.56. The van der Waals surface area contributed by atoms with Crippen molar-refractivity contribution in [1.82, 2.24) is 5.32 Å². The summed E-state index contributed by atoms with van der Waals surface area (Å²) >= 11 is 12.4. The third-order valence-electron chi connectivity index (χ3n) is 5.97. The molecule has 23 heavy (non-hydrogen) atoms. The Hall–Kier alpha value is -0.480. The minimum absolute atomic E-state index is 0.0542. The van der Waals surface area contributed by atoms with Gasteiger partial charge in [-0.2, -0.15) is 0 Å². The molecule has 4 aliphatic carbocycles. The summed E-state index contributed by atoms with van der Waals surface area (Å²) in [4.78, 5) is 0. The summed E-state index contributed by atoms with van der Waals surface area (Å²) in [6.45, 7) is 0.666. The molecule has 5 rings (SSSR count). The van der Waals surface area contributed by atoms with E-state index in [0.29, 0.717) is 34.2 Å². The van der Waals surface area contributed by atoms with Crippen LogP contribution in [0.2, 0.25) is 10.0 Å². The molecular formula is C18H23Cl2NO2. The van der Waals surface area contributed by atoms with Gasteiger partial charge in [0, 0.05) is 22.7 Å². The number of hydrogen-bond donors (Lipinski definition) is 2. The monoisotopic (exact) mass is 355 g/mol. The van der Waals surface area contributed by atoms with Crippen LogP contribution in [0.5, 0.6) is 5.75 Å². The highest BCUT2D eigenvalue weighted by molar-refractivity contribution is 6.35. The van der Waals surface area contributed by atoms with Gasteiger partial charge in [-0.05, 0) is 62.5 Å². The van der Waals surface area contributed by atoms with Crippen molar-refractivity contribution in [3.63, 3.8) is 0 Å². The van der Waals surface area contributed by atoms with Crippen molar-refractivity contribution in [3.05, 3.63) is 27.7 Å². The van der Waals surface area contributed by atoms with Crippen LogP contribution in [0.4, 0.5) is 0 Å². The first-order valence-corrected chi connectivity index (χ1v) is 9.15. The van der Waals surface area contributed by atoms with Crippen molar-refractivity contribution in [2.24, 2.45) is 11.8 Å². The Balaban J connectivity index is 1.56. The molecule has 2 N–H and O–H groups in total. The Bertz CT molecular complexity index is 620. The average molecular weight is 356 g/mol. The Morgan fingerprint density at radius 1 is 1.22 bits per heavy atom. The van der Waals surface area contributed by atoms with Gasteiger partial charge in [0.2, 0.25) is 0 Å². The molecule has 2 atom stereocenters. The van der Waals surface area contributed by atoms with Gasteiger partial charge in [-0.25, -0.2) is 0 Å². The van der Waals surface area contributed by atoms with E-state index < -0.39 is 5.60 Å². The Labute approximate surface area is 147 Å². The lowest BCUT2D eigenvalue weighted by atomic mass is 9.51. The lowest BCUT2D eigenvalue weighted by Gasteiger charge is -2.60. The zero-order valence-corrected chi connectivity index (χ0v) is 14.9. The maximum Gasteiger partial charge on any atom is 0.142 e. The van der Waals surface area contributed by atoms with Crippen molar-refractivity contribution in [2.45, 2.75) is 56.2 Å². The quantitative estimate of drug-likeness (QED) is 0.851. The van der Waals surface area contributed by atoms with Crippen LogP contribution < -0.4 is 10.1 Å². The molecule has 1 aromatic rings. The van der Waals surface area contributed by atoms with Crippen LogP contribution in [0.1, 0.15) is 44.1 Å². The molecule has 0 amide bonds. The second kappa shape index (κ2) is 5.52. The standard InChI is InChI=1S/C18H23Cl2NO2/c1-23-16-13(3-14(19)4-15(16)20)9-21-17-5-11-2-12(6-17)8-18(22,7-11)10-17/h3-4,11-12,21-22H,2,5-10H2,1H3. The molecule has 0 aliphatic heterocycles. The summed E-state index contributed by atoms with van der Waals surface area (Å²) in [5, 5.41) is 15.8. The fourth-order valence-electron chi connectivity index (χ4n) is 5.68. The molecule has 5 heteroatoms. The van der Waals surface area contributed by atoms with Gasteiger partial charge < -0.3 is 15.2 Å². The molecule has 4 aliphatic rings. The highest BCUT2D eigenvalue weighted by atomic mass is 35.5. The van der Waals surface area contributed by atoms with Gasteiger partial charge in [-0.3, -0.25) is 0 Å².